The number of nitrogens with one attached hydrogen (secondary N) is 2. The van der Waals surface area contributed by atoms with Gasteiger partial charge in [0.2, 0.25) is 0 Å². The molecule has 0 bridgehead atoms. The van der Waals surface area contributed by atoms with E-state index in [0.717, 1.165) is 62.4 Å². The van der Waals surface area contributed by atoms with E-state index in [-0.39, 0.29) is 31.4 Å². The summed E-state index contributed by atoms with van der Waals surface area (Å²) in [5.41, 5.74) is 2.11. The van der Waals surface area contributed by atoms with Crippen LogP contribution in [0.25, 0.3) is 10.1 Å². The van der Waals surface area contributed by atoms with Gasteiger partial charge in [0.25, 0.3) is 0 Å². The molecule has 1 aromatic heterocycles. The Morgan fingerprint density at radius 3 is 2.50 bits per heavy atom. The van der Waals surface area contributed by atoms with Crippen LogP contribution in [-0.4, -0.2) is 87.7 Å². The van der Waals surface area contributed by atoms with Crippen molar-refractivity contribution in [2.24, 2.45) is 5.41 Å². The number of nitrogens with zero attached hydrogens (tertiary/aromatic N) is 1. The summed E-state index contributed by atoms with van der Waals surface area (Å²) in [4.78, 5) is 3.07. The molecule has 3 heterocycles. The number of ether oxygens (including phenoxy) is 2. The molecule has 0 atom stereocenters. The predicted molar refractivity (Wildman–Crippen MR) is 189 cm³/mol. The molecule has 3 aromatic rings. The average molecular weight is 704 g/mol. The quantitative estimate of drug-likeness (QED) is 0.156. The van der Waals surface area contributed by atoms with Crippen molar-refractivity contribution in [3.63, 3.8) is 0 Å². The molecule has 1 aliphatic carbocycles. The van der Waals surface area contributed by atoms with E-state index in [1.54, 1.807) is 37.6 Å². The van der Waals surface area contributed by atoms with Crippen molar-refractivity contribution in [3.05, 3.63) is 46.8 Å². The number of hydrogen-bond donors (Lipinski definition) is 3. The zero-order valence-corrected chi connectivity index (χ0v) is 29.3. The Hall–Kier alpha value is -2.74. The smallest absolute Gasteiger partial charge is 0.393 e. The van der Waals surface area contributed by atoms with Crippen molar-refractivity contribution in [1.82, 2.24) is 4.90 Å². The van der Waals surface area contributed by atoms with Crippen LogP contribution in [0.15, 0.2) is 36.4 Å². The number of rotatable bonds is 10. The maximum atomic E-state index is 13.8. The number of anilines is 2. The Kier molecular flexibility index (Phi) is 10.7. The summed E-state index contributed by atoms with van der Waals surface area (Å²) in [6, 6.07) is 11.6. The fourth-order valence-corrected chi connectivity index (χ4v) is 9.17. The van der Waals surface area contributed by atoms with Crippen LogP contribution >= 0.6 is 18.5 Å². The van der Waals surface area contributed by atoms with E-state index in [0.29, 0.717) is 38.5 Å². The second-order valence-corrected chi connectivity index (χ2v) is 18.1. The molecule has 2 aromatic carbocycles. The molecule has 2 saturated heterocycles. The maximum Gasteiger partial charge on any atom is 0.393 e. The minimum Gasteiger partial charge on any atom is -0.489 e. The third kappa shape index (κ3) is 8.34. The first-order valence-electron chi connectivity index (χ1n) is 16.8. The molecule has 3 fully saturated rings. The highest BCUT2D eigenvalue weighted by Gasteiger charge is 2.42. The summed E-state index contributed by atoms with van der Waals surface area (Å²) in [5.74, 6) is 6.46. The van der Waals surface area contributed by atoms with Crippen molar-refractivity contribution in [2.75, 3.05) is 70.0 Å². The van der Waals surface area contributed by atoms with Crippen molar-refractivity contribution in [2.45, 2.75) is 63.2 Å². The van der Waals surface area contributed by atoms with Gasteiger partial charge in [-0.2, -0.15) is 13.2 Å². The first-order chi connectivity index (χ1) is 22.9. The normalized spacial score (nSPS) is 21.4. The van der Waals surface area contributed by atoms with Gasteiger partial charge in [-0.25, -0.2) is 0 Å². The number of aliphatic hydroxyl groups is 1. The molecule has 0 radical (unpaired) electrons. The molecule has 2 aliphatic heterocycles. The lowest BCUT2D eigenvalue weighted by atomic mass is 9.76. The van der Waals surface area contributed by atoms with Gasteiger partial charge in [-0.05, 0) is 100 Å². The molecule has 3 aliphatic rings. The Labute approximate surface area is 284 Å². The molecular weight excluding hydrogens is 658 g/mol. The number of benzene rings is 2. The van der Waals surface area contributed by atoms with Crippen LogP contribution in [0.3, 0.4) is 0 Å². The summed E-state index contributed by atoms with van der Waals surface area (Å²) >= 11 is 1.31. The van der Waals surface area contributed by atoms with Crippen LogP contribution < -0.4 is 20.7 Å². The van der Waals surface area contributed by atoms with E-state index in [4.69, 9.17) is 9.47 Å². The Morgan fingerprint density at radius 2 is 1.85 bits per heavy atom. The average Bonchev–Trinajstić information content (AvgIpc) is 3.38. The monoisotopic (exact) mass is 703 g/mol. The lowest BCUT2D eigenvalue weighted by Gasteiger charge is -2.49. The number of hydrogen-bond acceptors (Lipinski definition) is 8. The van der Waals surface area contributed by atoms with Crippen LogP contribution in [0.1, 0.15) is 49.0 Å². The predicted octanol–water partition coefficient (Wildman–Crippen LogP) is 6.92. The summed E-state index contributed by atoms with van der Waals surface area (Å²) < 4.78 is 65.9. The van der Waals surface area contributed by atoms with Crippen LogP contribution in [0, 0.1) is 17.3 Å². The van der Waals surface area contributed by atoms with Crippen molar-refractivity contribution in [3.8, 4) is 17.6 Å². The molecule has 7 nitrogen and oxygen atoms in total. The van der Waals surface area contributed by atoms with Crippen LogP contribution in [0.4, 0.5) is 24.5 Å². The molecule has 6 rings (SSSR count). The van der Waals surface area contributed by atoms with Crippen LogP contribution in [0.5, 0.6) is 5.75 Å². The highest BCUT2D eigenvalue weighted by molar-refractivity contribution is 7.70. The molecule has 12 heteroatoms. The van der Waals surface area contributed by atoms with E-state index in [9.17, 15) is 22.8 Å². The number of halogens is 3. The first kappa shape index (κ1) is 35.1. The fourth-order valence-electron chi connectivity index (χ4n) is 7.14. The van der Waals surface area contributed by atoms with Crippen LogP contribution in [-0.2, 0) is 15.7 Å². The SMILES string of the molecule is CP(C)(=O)c1ccc(NCC#Cc2sc3c(NC4CCC(N5CCC6(CC5)COC6)CC4)cccc3c2CC(F)(F)F)c(OCCO)c1. The third-order valence-electron chi connectivity index (χ3n) is 9.95. The van der Waals surface area contributed by atoms with E-state index in [2.05, 4.69) is 27.4 Å². The number of aliphatic hydroxyl groups excluding tert-OH is 1. The van der Waals surface area contributed by atoms with E-state index in [1.165, 1.54) is 24.2 Å². The Bertz CT molecular complexity index is 1690. The van der Waals surface area contributed by atoms with Gasteiger partial charge in [-0.15, -0.1) is 11.3 Å². The maximum absolute atomic E-state index is 13.8. The van der Waals surface area contributed by atoms with Gasteiger partial charge in [-0.1, -0.05) is 24.0 Å². The topological polar surface area (TPSA) is 83.1 Å². The second-order valence-electron chi connectivity index (χ2n) is 13.8. The van der Waals surface area contributed by atoms with Gasteiger partial charge in [0.05, 0.1) is 53.7 Å². The standard InChI is InChI=1S/C36H45F3N3O4PS/c1-47(2,44)27-12-13-30(32(21-27)46-20-19-43)40-16-4-7-33-29(22-36(37,38)39)28-5-3-6-31(34(28)48-33)41-25-8-10-26(11-9-25)42-17-14-35(15-18-42)23-45-24-35/h3,5-6,12-13,21,25-26,40-41,43H,8-11,14-20,22-24H2,1-2H3. The van der Waals surface area contributed by atoms with Gasteiger partial charge >= 0.3 is 6.18 Å². The molecule has 0 unspecified atom stereocenters. The van der Waals surface area contributed by atoms with Crippen molar-refractivity contribution < 1.29 is 32.3 Å². The first-order valence-corrected chi connectivity index (χ1v) is 20.2. The van der Waals surface area contributed by atoms with Crippen molar-refractivity contribution in [1.29, 1.82) is 0 Å². The van der Waals surface area contributed by atoms with Gasteiger partial charge in [0, 0.05) is 22.8 Å². The van der Waals surface area contributed by atoms with Gasteiger partial charge in [0.1, 0.15) is 19.5 Å². The number of thiophene rings is 1. The van der Waals surface area contributed by atoms with E-state index < -0.39 is 19.7 Å². The second kappa shape index (κ2) is 14.6. The molecule has 1 spiro atoms. The minimum absolute atomic E-state index is 0.0666. The Morgan fingerprint density at radius 1 is 1.10 bits per heavy atom. The summed E-state index contributed by atoms with van der Waals surface area (Å²) in [6.45, 7) is 7.51. The zero-order valence-electron chi connectivity index (χ0n) is 27.6. The molecule has 1 saturated carbocycles. The molecule has 48 heavy (non-hydrogen) atoms. The lowest BCUT2D eigenvalue weighted by molar-refractivity contribution is -0.143. The molecule has 260 valence electrons. The lowest BCUT2D eigenvalue weighted by Crippen LogP contribution is -2.53. The number of likely N-dealkylation sites (tertiary alicyclic amines) is 1. The van der Waals surface area contributed by atoms with Gasteiger partial charge in [-0.3, -0.25) is 0 Å². The van der Waals surface area contributed by atoms with Crippen molar-refractivity contribution >= 4 is 45.2 Å². The molecule has 3 N–H and O–H groups in total. The molecule has 0 amide bonds. The van der Waals surface area contributed by atoms with Crippen LogP contribution in [0.2, 0.25) is 0 Å². The summed E-state index contributed by atoms with van der Waals surface area (Å²) in [5, 5.41) is 17.3. The summed E-state index contributed by atoms with van der Waals surface area (Å²) in [7, 11) is -2.53. The van der Waals surface area contributed by atoms with E-state index >= 15 is 0 Å². The highest BCUT2D eigenvalue weighted by atomic mass is 32.1. The minimum atomic E-state index is -4.37. The third-order valence-corrected chi connectivity index (χ3v) is 12.7. The Balaban J connectivity index is 1.14. The largest absolute Gasteiger partial charge is 0.489 e. The fraction of sp³-hybridized carbons (Fsp3) is 0.556. The molecular formula is C36H45F3N3O4PS. The number of alkyl halides is 3. The van der Waals surface area contributed by atoms with Gasteiger partial charge < -0.3 is 34.7 Å². The number of piperidine rings is 1. The highest BCUT2D eigenvalue weighted by Crippen LogP contribution is 2.42. The zero-order chi connectivity index (χ0) is 33.9. The van der Waals surface area contributed by atoms with E-state index in [1.807, 2.05) is 12.1 Å². The number of fused-ring (bicyclic) bond motifs is 1. The summed E-state index contributed by atoms with van der Waals surface area (Å²) in [6.07, 6.45) is 1.34. The van der Waals surface area contributed by atoms with Gasteiger partial charge in [0.15, 0.2) is 0 Å².